The molecule has 1 aliphatic carbocycles. The van der Waals surface area contributed by atoms with E-state index < -0.39 is 0 Å². The van der Waals surface area contributed by atoms with Crippen molar-refractivity contribution >= 4 is 5.69 Å². The summed E-state index contributed by atoms with van der Waals surface area (Å²) in [7, 11) is 0. The fourth-order valence-corrected chi connectivity index (χ4v) is 3.24. The molecule has 1 aliphatic heterocycles. The van der Waals surface area contributed by atoms with Crippen LogP contribution in [0, 0.1) is 6.92 Å². The van der Waals surface area contributed by atoms with E-state index >= 15 is 0 Å². The van der Waals surface area contributed by atoms with E-state index in [4.69, 9.17) is 0 Å². The zero-order valence-corrected chi connectivity index (χ0v) is 12.5. The van der Waals surface area contributed by atoms with E-state index in [1.165, 1.54) is 48.2 Å². The van der Waals surface area contributed by atoms with Crippen LogP contribution in [-0.2, 0) is 12.8 Å². The number of nitrogens with one attached hydrogen (secondary N) is 2. The van der Waals surface area contributed by atoms with Crippen molar-refractivity contribution in [2.75, 3.05) is 11.9 Å². The van der Waals surface area contributed by atoms with Crippen LogP contribution in [0.5, 0.6) is 0 Å². The molecule has 0 amide bonds. The first-order valence-corrected chi connectivity index (χ1v) is 7.74. The van der Waals surface area contributed by atoms with Crippen LogP contribution in [0.3, 0.4) is 0 Å². The zero-order chi connectivity index (χ0) is 13.9. The van der Waals surface area contributed by atoms with Crippen LogP contribution in [-0.4, -0.2) is 11.5 Å². The molecule has 1 aromatic heterocycles. The molecule has 0 fully saturated rings. The molecule has 2 nitrogen and oxygen atoms in total. The summed E-state index contributed by atoms with van der Waals surface area (Å²) >= 11 is 0. The Labute approximate surface area is 121 Å². The average Bonchev–Trinajstić information content (AvgIpc) is 3.05. The van der Waals surface area contributed by atoms with Gasteiger partial charge in [0, 0.05) is 30.0 Å². The predicted molar refractivity (Wildman–Crippen MR) is 85.5 cm³/mol. The largest absolute Gasteiger partial charge is 0.384 e. The van der Waals surface area contributed by atoms with E-state index in [1.54, 1.807) is 5.56 Å². The van der Waals surface area contributed by atoms with Crippen molar-refractivity contribution in [3.8, 4) is 0 Å². The summed E-state index contributed by atoms with van der Waals surface area (Å²) in [4.78, 5) is 3.33. The van der Waals surface area contributed by atoms with Gasteiger partial charge in [0.1, 0.15) is 0 Å². The maximum Gasteiger partial charge on any atom is 0.0376 e. The summed E-state index contributed by atoms with van der Waals surface area (Å²) in [6.45, 7) is 5.54. The second-order valence-electron chi connectivity index (χ2n) is 6.01. The van der Waals surface area contributed by atoms with Gasteiger partial charge in [0.05, 0.1) is 0 Å². The molecular weight excluding hydrogens is 244 g/mol. The van der Waals surface area contributed by atoms with Crippen molar-refractivity contribution in [2.24, 2.45) is 0 Å². The lowest BCUT2D eigenvalue weighted by Gasteiger charge is -2.10. The fraction of sp³-hybridized carbons (Fsp3) is 0.444. The van der Waals surface area contributed by atoms with Crippen LogP contribution in [0.25, 0.3) is 0 Å². The number of rotatable bonds is 0. The number of hydrogen-bond acceptors (Lipinski definition) is 1. The summed E-state index contributed by atoms with van der Waals surface area (Å²) in [6.07, 6.45) is 7.45. The molecule has 2 aliphatic rings. The Morgan fingerprint density at radius 1 is 1.10 bits per heavy atom. The standard InChI is InChI=1S/C9H13N.C9H11N/c2*1-7-6-10-9-5-3-2-4-8(7)9/h6,10H,2-5H2,1H3;2-5,7,10H,6H2,1H3. The number of para-hydroxylation sites is 1. The Hall–Kier alpha value is -1.70. The van der Waals surface area contributed by atoms with Gasteiger partial charge in [-0.3, -0.25) is 0 Å². The van der Waals surface area contributed by atoms with E-state index in [-0.39, 0.29) is 0 Å². The van der Waals surface area contributed by atoms with Gasteiger partial charge in [0.2, 0.25) is 0 Å². The lowest BCUT2D eigenvalue weighted by molar-refractivity contribution is 0.675. The van der Waals surface area contributed by atoms with Gasteiger partial charge < -0.3 is 10.3 Å². The highest BCUT2D eigenvalue weighted by molar-refractivity contribution is 5.57. The molecule has 20 heavy (non-hydrogen) atoms. The van der Waals surface area contributed by atoms with Crippen molar-refractivity contribution < 1.29 is 0 Å². The number of aromatic amines is 1. The summed E-state index contributed by atoms with van der Waals surface area (Å²) in [6, 6.07) is 8.50. The van der Waals surface area contributed by atoms with Crippen LogP contribution in [0.1, 0.15) is 48.1 Å². The molecule has 4 rings (SSSR count). The maximum atomic E-state index is 3.35. The Balaban J connectivity index is 0.000000121. The predicted octanol–water partition coefficient (Wildman–Crippen LogP) is 4.42. The lowest BCUT2D eigenvalue weighted by atomic mass is 9.96. The van der Waals surface area contributed by atoms with E-state index in [2.05, 4.69) is 54.6 Å². The number of H-pyrrole nitrogens is 1. The van der Waals surface area contributed by atoms with Crippen molar-refractivity contribution in [1.29, 1.82) is 0 Å². The first-order chi connectivity index (χ1) is 9.75. The molecule has 0 bridgehead atoms. The molecule has 1 atom stereocenters. The van der Waals surface area contributed by atoms with E-state index in [9.17, 15) is 0 Å². The quantitative estimate of drug-likeness (QED) is 0.727. The molecule has 2 heteroatoms. The number of hydrogen-bond donors (Lipinski definition) is 2. The van der Waals surface area contributed by atoms with Crippen molar-refractivity contribution in [3.63, 3.8) is 0 Å². The van der Waals surface area contributed by atoms with Gasteiger partial charge in [-0.25, -0.2) is 0 Å². The second-order valence-corrected chi connectivity index (χ2v) is 6.01. The fourth-order valence-electron chi connectivity index (χ4n) is 3.24. The van der Waals surface area contributed by atoms with Crippen LogP contribution in [0.15, 0.2) is 30.5 Å². The normalized spacial score (nSPS) is 19.4. The highest BCUT2D eigenvalue weighted by atomic mass is 14.9. The van der Waals surface area contributed by atoms with Gasteiger partial charge in [-0.15, -0.1) is 0 Å². The summed E-state index contributed by atoms with van der Waals surface area (Å²) in [5.74, 6) is 0.691. The van der Waals surface area contributed by atoms with Crippen molar-refractivity contribution in [2.45, 2.75) is 45.4 Å². The molecule has 2 heterocycles. The SMILES string of the molecule is CC1CNc2ccccc21.Cc1c[nH]c2c1CCCC2. The lowest BCUT2D eigenvalue weighted by Crippen LogP contribution is -2.00. The first-order valence-electron chi connectivity index (χ1n) is 7.74. The van der Waals surface area contributed by atoms with E-state index in [0.29, 0.717) is 5.92 Å². The van der Waals surface area contributed by atoms with Gasteiger partial charge in [-0.1, -0.05) is 25.1 Å². The van der Waals surface area contributed by atoms with Gasteiger partial charge in [-0.2, -0.15) is 0 Å². The molecular formula is C18H24N2. The molecule has 0 saturated carbocycles. The van der Waals surface area contributed by atoms with Gasteiger partial charge in [-0.05, 0) is 55.4 Å². The number of aryl methyl sites for hydroxylation is 2. The van der Waals surface area contributed by atoms with Crippen LogP contribution in [0.4, 0.5) is 5.69 Å². The highest BCUT2D eigenvalue weighted by Gasteiger charge is 2.15. The van der Waals surface area contributed by atoms with Crippen LogP contribution in [0.2, 0.25) is 0 Å². The van der Waals surface area contributed by atoms with E-state index in [1.807, 2.05) is 0 Å². The smallest absolute Gasteiger partial charge is 0.0376 e. The number of fused-ring (bicyclic) bond motifs is 2. The monoisotopic (exact) mass is 268 g/mol. The molecule has 0 radical (unpaired) electrons. The van der Waals surface area contributed by atoms with Crippen LogP contribution < -0.4 is 5.32 Å². The Morgan fingerprint density at radius 2 is 1.90 bits per heavy atom. The topological polar surface area (TPSA) is 27.8 Å². The average molecular weight is 268 g/mol. The summed E-state index contributed by atoms with van der Waals surface area (Å²) in [5.41, 5.74) is 7.31. The van der Waals surface area contributed by atoms with Crippen molar-refractivity contribution in [1.82, 2.24) is 4.98 Å². The molecule has 2 aromatic rings. The minimum absolute atomic E-state index is 0.691. The minimum Gasteiger partial charge on any atom is -0.384 e. The van der Waals surface area contributed by atoms with Gasteiger partial charge >= 0.3 is 0 Å². The Morgan fingerprint density at radius 3 is 2.70 bits per heavy atom. The number of benzene rings is 1. The summed E-state index contributed by atoms with van der Waals surface area (Å²) in [5, 5.41) is 3.35. The number of aromatic nitrogens is 1. The molecule has 0 spiro atoms. The molecule has 1 unspecified atom stereocenters. The molecule has 0 saturated heterocycles. The first kappa shape index (κ1) is 13.3. The minimum atomic E-state index is 0.691. The Bertz CT molecular complexity index is 583. The van der Waals surface area contributed by atoms with Gasteiger partial charge in [0.25, 0.3) is 0 Å². The maximum absolute atomic E-state index is 3.35. The van der Waals surface area contributed by atoms with Crippen LogP contribution >= 0.6 is 0 Å². The molecule has 106 valence electrons. The second kappa shape index (κ2) is 5.74. The van der Waals surface area contributed by atoms with Crippen molar-refractivity contribution in [3.05, 3.63) is 52.8 Å². The number of anilines is 1. The Kier molecular flexibility index (Phi) is 3.81. The zero-order valence-electron chi connectivity index (χ0n) is 12.5. The van der Waals surface area contributed by atoms with E-state index in [0.717, 1.165) is 6.54 Å². The third kappa shape index (κ3) is 2.60. The summed E-state index contributed by atoms with van der Waals surface area (Å²) < 4.78 is 0. The molecule has 2 N–H and O–H groups in total. The highest BCUT2D eigenvalue weighted by Crippen LogP contribution is 2.29. The molecule has 1 aromatic carbocycles. The third-order valence-electron chi connectivity index (χ3n) is 4.50. The van der Waals surface area contributed by atoms with Gasteiger partial charge in [0.15, 0.2) is 0 Å². The third-order valence-corrected chi connectivity index (χ3v) is 4.50.